The second kappa shape index (κ2) is 4.61. The van der Waals surface area contributed by atoms with Crippen LogP contribution in [0, 0.1) is 6.92 Å². The molecule has 0 bridgehead atoms. The average molecular weight is 274 g/mol. The fourth-order valence-corrected chi connectivity index (χ4v) is 3.35. The zero-order valence-corrected chi connectivity index (χ0v) is 11.4. The summed E-state index contributed by atoms with van der Waals surface area (Å²) in [6.07, 6.45) is 0. The first-order chi connectivity index (χ1) is 7.58. The van der Waals surface area contributed by atoms with Crippen LogP contribution in [0.15, 0.2) is 12.1 Å². The number of nitrogens with zero attached hydrogens (tertiary/aromatic N) is 2. The third-order valence-electron chi connectivity index (χ3n) is 2.30. The largest absolute Gasteiger partial charge is 0.383 e. The first kappa shape index (κ1) is 11.7. The van der Waals surface area contributed by atoms with Crippen LogP contribution in [0.1, 0.15) is 10.4 Å². The van der Waals surface area contributed by atoms with Gasteiger partial charge in [-0.2, -0.15) is 4.37 Å². The van der Waals surface area contributed by atoms with Crippen molar-refractivity contribution >= 4 is 45.3 Å². The first-order valence-corrected chi connectivity index (χ1v) is 6.72. The molecule has 0 spiro atoms. The quantitative estimate of drug-likeness (QED) is 0.932. The molecule has 0 saturated heterocycles. The molecule has 86 valence electrons. The Bertz CT molecular complexity index is 492. The number of halogens is 1. The highest BCUT2D eigenvalue weighted by molar-refractivity contribution is 7.16. The van der Waals surface area contributed by atoms with Gasteiger partial charge >= 0.3 is 0 Å². The summed E-state index contributed by atoms with van der Waals surface area (Å²) in [6, 6.07) is 3.96. The van der Waals surface area contributed by atoms with E-state index in [-0.39, 0.29) is 0 Å². The predicted molar refractivity (Wildman–Crippen MR) is 72.7 cm³/mol. The van der Waals surface area contributed by atoms with Crippen LogP contribution in [-0.4, -0.2) is 11.4 Å². The molecule has 2 aromatic rings. The standard InChI is InChI=1S/C10H12ClN3S2/c1-6-9(12)13-16-10(6)14(2)5-7-3-4-8(11)15-7/h3-4H,5H2,1-2H3,(H2,12,13). The number of hydrogen-bond acceptors (Lipinski definition) is 5. The number of hydrogen-bond donors (Lipinski definition) is 1. The summed E-state index contributed by atoms with van der Waals surface area (Å²) in [5.41, 5.74) is 6.78. The summed E-state index contributed by atoms with van der Waals surface area (Å²) in [6.45, 7) is 2.83. The number of thiophene rings is 1. The summed E-state index contributed by atoms with van der Waals surface area (Å²) in [5.74, 6) is 0.621. The maximum atomic E-state index is 5.90. The third kappa shape index (κ3) is 2.31. The van der Waals surface area contributed by atoms with Gasteiger partial charge in [-0.05, 0) is 30.6 Å². The molecule has 0 aliphatic carbocycles. The molecular weight excluding hydrogens is 262 g/mol. The zero-order chi connectivity index (χ0) is 11.7. The highest BCUT2D eigenvalue weighted by Gasteiger charge is 2.12. The van der Waals surface area contributed by atoms with Gasteiger partial charge in [-0.3, -0.25) is 0 Å². The molecule has 0 aliphatic rings. The molecule has 6 heteroatoms. The normalized spacial score (nSPS) is 10.7. The lowest BCUT2D eigenvalue weighted by Gasteiger charge is -2.16. The molecule has 0 radical (unpaired) electrons. The minimum atomic E-state index is 0.621. The van der Waals surface area contributed by atoms with Crippen LogP contribution < -0.4 is 10.6 Å². The Morgan fingerprint density at radius 2 is 2.25 bits per heavy atom. The molecule has 2 heterocycles. The summed E-state index contributed by atoms with van der Waals surface area (Å²) >= 11 is 8.93. The Kier molecular flexibility index (Phi) is 3.37. The van der Waals surface area contributed by atoms with Gasteiger partial charge in [0.1, 0.15) is 10.8 Å². The van der Waals surface area contributed by atoms with Gasteiger partial charge in [0.2, 0.25) is 0 Å². The minimum Gasteiger partial charge on any atom is -0.383 e. The molecule has 0 amide bonds. The smallest absolute Gasteiger partial charge is 0.142 e. The van der Waals surface area contributed by atoms with E-state index in [9.17, 15) is 0 Å². The first-order valence-electron chi connectivity index (χ1n) is 4.75. The van der Waals surface area contributed by atoms with Crippen LogP contribution in [0.4, 0.5) is 10.8 Å². The van der Waals surface area contributed by atoms with Crippen molar-refractivity contribution in [1.82, 2.24) is 4.37 Å². The summed E-state index contributed by atoms with van der Waals surface area (Å²) in [5, 5.41) is 1.11. The average Bonchev–Trinajstić information content (AvgIpc) is 2.76. The van der Waals surface area contributed by atoms with E-state index in [1.54, 1.807) is 11.3 Å². The molecule has 2 N–H and O–H groups in total. The van der Waals surface area contributed by atoms with Crippen molar-refractivity contribution in [1.29, 1.82) is 0 Å². The van der Waals surface area contributed by atoms with Gasteiger partial charge in [0, 0.05) is 17.5 Å². The van der Waals surface area contributed by atoms with E-state index in [1.807, 2.05) is 26.1 Å². The number of anilines is 2. The topological polar surface area (TPSA) is 42.1 Å². The Morgan fingerprint density at radius 3 is 2.75 bits per heavy atom. The lowest BCUT2D eigenvalue weighted by atomic mass is 10.3. The third-order valence-corrected chi connectivity index (χ3v) is 4.60. The van der Waals surface area contributed by atoms with E-state index in [1.165, 1.54) is 16.4 Å². The molecule has 0 atom stereocenters. The van der Waals surface area contributed by atoms with E-state index in [0.29, 0.717) is 5.82 Å². The molecule has 0 unspecified atom stereocenters. The van der Waals surface area contributed by atoms with Gasteiger partial charge in [0.05, 0.1) is 10.9 Å². The predicted octanol–water partition coefficient (Wildman–Crippen LogP) is 3.39. The monoisotopic (exact) mass is 273 g/mol. The molecule has 2 aromatic heterocycles. The Balaban J connectivity index is 2.14. The van der Waals surface area contributed by atoms with E-state index in [4.69, 9.17) is 17.3 Å². The second-order valence-electron chi connectivity index (χ2n) is 3.56. The number of nitrogens with two attached hydrogens (primary N) is 1. The number of aromatic nitrogens is 1. The number of nitrogen functional groups attached to an aromatic ring is 1. The Morgan fingerprint density at radius 1 is 1.50 bits per heavy atom. The molecule has 0 aliphatic heterocycles. The summed E-state index contributed by atoms with van der Waals surface area (Å²) in [7, 11) is 2.04. The van der Waals surface area contributed by atoms with Crippen LogP contribution in [0.3, 0.4) is 0 Å². The van der Waals surface area contributed by atoms with Crippen molar-refractivity contribution in [3.63, 3.8) is 0 Å². The SMILES string of the molecule is Cc1c(N)nsc1N(C)Cc1ccc(Cl)s1. The molecule has 0 aromatic carbocycles. The summed E-state index contributed by atoms with van der Waals surface area (Å²) in [4.78, 5) is 3.38. The van der Waals surface area contributed by atoms with Crippen molar-refractivity contribution in [2.24, 2.45) is 0 Å². The minimum absolute atomic E-state index is 0.621. The van der Waals surface area contributed by atoms with Crippen LogP contribution >= 0.6 is 34.5 Å². The van der Waals surface area contributed by atoms with Gasteiger partial charge in [0.25, 0.3) is 0 Å². The van der Waals surface area contributed by atoms with Gasteiger partial charge in [-0.15, -0.1) is 11.3 Å². The zero-order valence-electron chi connectivity index (χ0n) is 9.03. The van der Waals surface area contributed by atoms with E-state index >= 15 is 0 Å². The fraction of sp³-hybridized carbons (Fsp3) is 0.300. The Labute approximate surface area is 108 Å². The summed E-state index contributed by atoms with van der Waals surface area (Å²) < 4.78 is 4.96. The van der Waals surface area contributed by atoms with Gasteiger partial charge in [-0.25, -0.2) is 0 Å². The second-order valence-corrected chi connectivity index (χ2v) is 6.11. The van der Waals surface area contributed by atoms with Crippen LogP contribution in [0.2, 0.25) is 4.34 Å². The van der Waals surface area contributed by atoms with E-state index in [0.717, 1.165) is 21.4 Å². The number of rotatable bonds is 3. The lowest BCUT2D eigenvalue weighted by molar-refractivity contribution is 0.948. The van der Waals surface area contributed by atoms with Gasteiger partial charge in [-0.1, -0.05) is 11.6 Å². The Hall–Kier alpha value is -0.780. The maximum Gasteiger partial charge on any atom is 0.142 e. The van der Waals surface area contributed by atoms with Crippen molar-refractivity contribution in [3.05, 3.63) is 26.9 Å². The van der Waals surface area contributed by atoms with E-state index in [2.05, 4.69) is 9.27 Å². The van der Waals surface area contributed by atoms with Crippen molar-refractivity contribution in [2.45, 2.75) is 13.5 Å². The van der Waals surface area contributed by atoms with Crippen molar-refractivity contribution in [3.8, 4) is 0 Å². The molecule has 0 fully saturated rings. The molecule has 2 rings (SSSR count). The molecular formula is C10H12ClN3S2. The van der Waals surface area contributed by atoms with E-state index < -0.39 is 0 Å². The molecule has 0 saturated carbocycles. The highest BCUT2D eigenvalue weighted by atomic mass is 35.5. The highest BCUT2D eigenvalue weighted by Crippen LogP contribution is 2.31. The van der Waals surface area contributed by atoms with Crippen LogP contribution in [0.5, 0.6) is 0 Å². The van der Waals surface area contributed by atoms with Crippen LogP contribution in [-0.2, 0) is 6.54 Å². The fourth-order valence-electron chi connectivity index (χ4n) is 1.44. The van der Waals surface area contributed by atoms with Crippen molar-refractivity contribution in [2.75, 3.05) is 17.7 Å². The van der Waals surface area contributed by atoms with Crippen molar-refractivity contribution < 1.29 is 0 Å². The van der Waals surface area contributed by atoms with Gasteiger partial charge in [0.15, 0.2) is 0 Å². The maximum absolute atomic E-state index is 5.90. The lowest BCUT2D eigenvalue weighted by Crippen LogP contribution is -2.15. The molecule has 3 nitrogen and oxygen atoms in total. The van der Waals surface area contributed by atoms with Gasteiger partial charge < -0.3 is 10.6 Å². The molecule has 16 heavy (non-hydrogen) atoms. The van der Waals surface area contributed by atoms with Crippen LogP contribution in [0.25, 0.3) is 0 Å².